The molecule has 2 aromatic carbocycles. The van der Waals surface area contributed by atoms with Crippen LogP contribution in [0, 0.1) is 0 Å². The summed E-state index contributed by atoms with van der Waals surface area (Å²) in [7, 11) is 1.44. The first-order valence-corrected chi connectivity index (χ1v) is 9.94. The molecule has 1 unspecified atom stereocenters. The third-order valence-electron chi connectivity index (χ3n) is 4.57. The van der Waals surface area contributed by atoms with Gasteiger partial charge >= 0.3 is 0 Å². The van der Waals surface area contributed by atoms with Gasteiger partial charge in [-0.2, -0.15) is 0 Å². The average Bonchev–Trinajstić information content (AvgIpc) is 3.14. The monoisotopic (exact) mass is 449 g/mol. The van der Waals surface area contributed by atoms with Crippen molar-refractivity contribution >= 4 is 45.9 Å². The predicted molar refractivity (Wildman–Crippen MR) is 116 cm³/mol. The minimum absolute atomic E-state index is 0.00897. The highest BCUT2D eigenvalue weighted by Gasteiger charge is 2.20. The summed E-state index contributed by atoms with van der Waals surface area (Å²) in [6, 6.07) is 12.1. The number of aromatic nitrogens is 1. The molecule has 0 saturated heterocycles. The summed E-state index contributed by atoms with van der Waals surface area (Å²) < 4.78 is 4.79. The van der Waals surface area contributed by atoms with Gasteiger partial charge in [-0.3, -0.25) is 9.59 Å². The van der Waals surface area contributed by atoms with Gasteiger partial charge in [0.1, 0.15) is 12.4 Å². The van der Waals surface area contributed by atoms with E-state index in [4.69, 9.17) is 27.9 Å². The third kappa shape index (κ3) is 5.12. The number of methoxy groups -OCH3 is 1. The molecule has 30 heavy (non-hydrogen) atoms. The minimum atomic E-state index is -1.32. The van der Waals surface area contributed by atoms with Crippen molar-refractivity contribution < 1.29 is 19.4 Å². The molecular formula is C21H21Cl2N3O4. The molecule has 3 rings (SSSR count). The fraction of sp³-hybridized carbons (Fsp3) is 0.238. The van der Waals surface area contributed by atoms with Gasteiger partial charge in [-0.05, 0) is 35.7 Å². The number of hydrogen-bond donors (Lipinski definition) is 4. The van der Waals surface area contributed by atoms with Crippen LogP contribution >= 0.6 is 23.2 Å². The maximum absolute atomic E-state index is 12.5. The van der Waals surface area contributed by atoms with Gasteiger partial charge in [-0.1, -0.05) is 47.5 Å². The van der Waals surface area contributed by atoms with Crippen molar-refractivity contribution in [3.63, 3.8) is 0 Å². The molecule has 0 bridgehead atoms. The van der Waals surface area contributed by atoms with Crippen LogP contribution in [0.3, 0.4) is 0 Å². The maximum Gasteiger partial charge on any atom is 0.267 e. The van der Waals surface area contributed by atoms with Gasteiger partial charge in [0.15, 0.2) is 6.10 Å². The first-order chi connectivity index (χ1) is 14.4. The van der Waals surface area contributed by atoms with Crippen LogP contribution in [0.1, 0.15) is 27.7 Å². The van der Waals surface area contributed by atoms with Crippen molar-refractivity contribution in [2.75, 3.05) is 20.4 Å². The van der Waals surface area contributed by atoms with Crippen LogP contribution in [0.4, 0.5) is 0 Å². The molecule has 3 aromatic rings. The number of benzene rings is 2. The van der Waals surface area contributed by atoms with Crippen LogP contribution in [0.5, 0.6) is 0 Å². The number of carbonyl (C=O) groups is 2. The Labute approximate surface area is 183 Å². The molecule has 0 radical (unpaired) electrons. The average molecular weight is 450 g/mol. The van der Waals surface area contributed by atoms with Crippen molar-refractivity contribution in [3.8, 4) is 0 Å². The highest BCUT2D eigenvalue weighted by Crippen LogP contribution is 2.28. The second-order valence-corrected chi connectivity index (χ2v) is 7.43. The summed E-state index contributed by atoms with van der Waals surface area (Å²) in [6.07, 6.45) is -0.885. The SMILES string of the molecule is COCNC(=O)C(O)c1ccccc1CCNC(=O)c1cc2cc(Cl)c(Cl)cc2[nH]1. The molecule has 7 nitrogen and oxygen atoms in total. The lowest BCUT2D eigenvalue weighted by atomic mass is 9.99. The van der Waals surface area contributed by atoms with Crippen molar-refractivity contribution in [1.29, 1.82) is 0 Å². The van der Waals surface area contributed by atoms with Gasteiger partial charge in [0.2, 0.25) is 0 Å². The summed E-state index contributed by atoms with van der Waals surface area (Å²) in [5, 5.41) is 17.2. The lowest BCUT2D eigenvalue weighted by molar-refractivity contribution is -0.131. The van der Waals surface area contributed by atoms with Gasteiger partial charge in [-0.25, -0.2) is 0 Å². The molecule has 9 heteroatoms. The highest BCUT2D eigenvalue weighted by atomic mass is 35.5. The van der Waals surface area contributed by atoms with E-state index in [0.29, 0.717) is 39.8 Å². The zero-order chi connectivity index (χ0) is 21.7. The molecule has 158 valence electrons. The molecule has 1 heterocycles. The molecule has 4 N–H and O–H groups in total. The number of ether oxygens (including phenoxy) is 1. The molecule has 1 aromatic heterocycles. The van der Waals surface area contributed by atoms with E-state index in [1.807, 2.05) is 6.07 Å². The minimum Gasteiger partial charge on any atom is -0.378 e. The number of hydrogen-bond acceptors (Lipinski definition) is 4. The summed E-state index contributed by atoms with van der Waals surface area (Å²) in [6.45, 7) is 0.328. The molecular weight excluding hydrogens is 429 g/mol. The van der Waals surface area contributed by atoms with Crippen LogP contribution in [0.15, 0.2) is 42.5 Å². The Hall–Kier alpha value is -2.58. The molecule has 0 spiro atoms. The van der Waals surface area contributed by atoms with E-state index < -0.39 is 12.0 Å². The number of fused-ring (bicyclic) bond motifs is 1. The lowest BCUT2D eigenvalue weighted by Crippen LogP contribution is -2.31. The quantitative estimate of drug-likeness (QED) is 0.396. The Kier molecular flexibility index (Phi) is 7.33. The summed E-state index contributed by atoms with van der Waals surface area (Å²) in [5.74, 6) is -0.835. The van der Waals surface area contributed by atoms with Crippen molar-refractivity contribution in [1.82, 2.24) is 15.6 Å². The summed E-state index contributed by atoms with van der Waals surface area (Å²) in [4.78, 5) is 27.5. The zero-order valence-corrected chi connectivity index (χ0v) is 17.7. The van der Waals surface area contributed by atoms with Gasteiger partial charge in [0, 0.05) is 24.6 Å². The molecule has 0 aliphatic rings. The number of carbonyl (C=O) groups excluding carboxylic acids is 2. The Balaban J connectivity index is 1.64. The Morgan fingerprint density at radius 2 is 1.87 bits per heavy atom. The molecule has 0 saturated carbocycles. The maximum atomic E-state index is 12.5. The van der Waals surface area contributed by atoms with E-state index in [9.17, 15) is 14.7 Å². The Bertz CT molecular complexity index is 1030. The summed E-state index contributed by atoms with van der Waals surface area (Å²) >= 11 is 12.0. The second kappa shape index (κ2) is 9.95. The van der Waals surface area contributed by atoms with Crippen LogP contribution in [-0.2, 0) is 16.0 Å². The number of aromatic amines is 1. The van der Waals surface area contributed by atoms with E-state index >= 15 is 0 Å². The number of aliphatic hydroxyl groups excluding tert-OH is 1. The van der Waals surface area contributed by atoms with Crippen LogP contribution in [0.25, 0.3) is 10.9 Å². The molecule has 0 fully saturated rings. The smallest absolute Gasteiger partial charge is 0.267 e. The van der Waals surface area contributed by atoms with Crippen molar-refractivity contribution in [3.05, 3.63) is 69.3 Å². The van der Waals surface area contributed by atoms with E-state index in [1.54, 1.807) is 36.4 Å². The van der Waals surface area contributed by atoms with Gasteiger partial charge < -0.3 is 25.5 Å². The first-order valence-electron chi connectivity index (χ1n) is 9.19. The zero-order valence-electron chi connectivity index (χ0n) is 16.2. The normalized spacial score (nSPS) is 12.0. The number of H-pyrrole nitrogens is 1. The molecule has 0 aliphatic carbocycles. The fourth-order valence-corrected chi connectivity index (χ4v) is 3.40. The standard InChI is InChI=1S/C21H21Cl2N3O4/c1-30-11-25-21(29)19(27)14-5-3-2-4-12(14)6-7-24-20(28)18-9-13-8-15(22)16(23)10-17(13)26-18/h2-5,8-10,19,26-27H,6-7,11H2,1H3,(H,24,28)(H,25,29). The molecule has 0 aliphatic heterocycles. The summed E-state index contributed by atoms with van der Waals surface area (Å²) in [5.41, 5.74) is 2.34. The molecule has 1 atom stereocenters. The highest BCUT2D eigenvalue weighted by molar-refractivity contribution is 6.42. The Morgan fingerprint density at radius 3 is 2.63 bits per heavy atom. The topological polar surface area (TPSA) is 103 Å². The van der Waals surface area contributed by atoms with Crippen LogP contribution < -0.4 is 10.6 Å². The van der Waals surface area contributed by atoms with Crippen molar-refractivity contribution in [2.24, 2.45) is 0 Å². The second-order valence-electron chi connectivity index (χ2n) is 6.62. The lowest BCUT2D eigenvalue weighted by Gasteiger charge is -2.15. The number of nitrogens with one attached hydrogen (secondary N) is 3. The van der Waals surface area contributed by atoms with E-state index in [-0.39, 0.29) is 12.6 Å². The van der Waals surface area contributed by atoms with E-state index in [2.05, 4.69) is 15.6 Å². The van der Waals surface area contributed by atoms with E-state index in [0.717, 1.165) is 10.9 Å². The first kappa shape index (κ1) is 22.1. The number of amides is 2. The van der Waals surface area contributed by atoms with E-state index in [1.165, 1.54) is 7.11 Å². The predicted octanol–water partition coefficient (Wildman–Crippen LogP) is 3.20. The number of aliphatic hydroxyl groups is 1. The van der Waals surface area contributed by atoms with Gasteiger partial charge in [-0.15, -0.1) is 0 Å². The number of rotatable bonds is 8. The van der Waals surface area contributed by atoms with Crippen LogP contribution in [-0.4, -0.2) is 42.3 Å². The fourth-order valence-electron chi connectivity index (χ4n) is 3.06. The van der Waals surface area contributed by atoms with Crippen LogP contribution in [0.2, 0.25) is 10.0 Å². The largest absolute Gasteiger partial charge is 0.378 e. The molecule has 2 amide bonds. The number of halogens is 2. The third-order valence-corrected chi connectivity index (χ3v) is 5.30. The van der Waals surface area contributed by atoms with Gasteiger partial charge in [0.25, 0.3) is 11.8 Å². The Morgan fingerprint density at radius 1 is 1.13 bits per heavy atom. The van der Waals surface area contributed by atoms with Gasteiger partial charge in [0.05, 0.1) is 10.0 Å². The van der Waals surface area contributed by atoms with Crippen molar-refractivity contribution in [2.45, 2.75) is 12.5 Å².